The number of aromatic nitrogens is 4. The molecule has 5 heteroatoms. The molecule has 8 aromatic carbocycles. The van der Waals surface area contributed by atoms with E-state index in [0.717, 1.165) is 77.4 Å². The third kappa shape index (κ3) is 4.91. The Hall–Kier alpha value is -7.50. The van der Waals surface area contributed by atoms with Crippen molar-refractivity contribution in [2.45, 2.75) is 27.7 Å². The van der Waals surface area contributed by atoms with Gasteiger partial charge < -0.3 is 4.74 Å². The van der Waals surface area contributed by atoms with Crippen LogP contribution in [-0.4, -0.2) is 18.8 Å². The van der Waals surface area contributed by atoms with Gasteiger partial charge in [-0.25, -0.2) is 9.97 Å². The number of nitrogens with zero attached hydrogens (tertiary/aromatic N) is 4. The fourth-order valence-corrected chi connectivity index (χ4v) is 9.85. The quantitative estimate of drug-likeness (QED) is 0.168. The van der Waals surface area contributed by atoms with Gasteiger partial charge in [-0.2, -0.15) is 0 Å². The van der Waals surface area contributed by atoms with Crippen LogP contribution in [0.3, 0.4) is 0 Å². The first-order valence-electron chi connectivity index (χ1n) is 20.2. The number of para-hydroxylation sites is 5. The van der Waals surface area contributed by atoms with Crippen molar-refractivity contribution in [2.75, 3.05) is 0 Å². The second-order valence-electron chi connectivity index (χ2n) is 16.0. The van der Waals surface area contributed by atoms with E-state index in [-0.39, 0.29) is 0 Å². The van der Waals surface area contributed by atoms with E-state index in [0.29, 0.717) is 0 Å². The summed E-state index contributed by atoms with van der Waals surface area (Å²) in [6.07, 6.45) is 0. The van der Waals surface area contributed by atoms with Crippen LogP contribution in [0.25, 0.3) is 99.0 Å². The molecule has 59 heavy (non-hydrogen) atoms. The van der Waals surface area contributed by atoms with Crippen LogP contribution in [0.5, 0.6) is 11.5 Å². The number of hydrogen-bond donors (Lipinski definition) is 0. The Morgan fingerprint density at radius 3 is 1.53 bits per heavy atom. The Bertz CT molecular complexity index is 3720. The lowest BCUT2D eigenvalue weighted by Crippen LogP contribution is -1.99. The number of rotatable bonds is 4. The summed E-state index contributed by atoms with van der Waals surface area (Å²) in [4.78, 5) is 10.5. The number of aryl methyl sites for hydroxylation is 4. The average molecular weight is 759 g/mol. The predicted molar refractivity (Wildman–Crippen MR) is 245 cm³/mol. The summed E-state index contributed by atoms with van der Waals surface area (Å²) in [7, 11) is 0. The number of pyridine rings is 2. The van der Waals surface area contributed by atoms with E-state index in [1.807, 2.05) is 6.07 Å². The van der Waals surface area contributed by atoms with Crippen molar-refractivity contribution in [2.24, 2.45) is 0 Å². The summed E-state index contributed by atoms with van der Waals surface area (Å²) >= 11 is 0. The Labute approximate surface area is 340 Å². The Morgan fingerprint density at radius 2 is 0.898 bits per heavy atom. The second-order valence-corrected chi connectivity index (χ2v) is 16.0. The molecule has 0 saturated heterocycles. The Morgan fingerprint density at radius 1 is 0.390 bits per heavy atom. The summed E-state index contributed by atoms with van der Waals surface area (Å²) in [5.41, 5.74) is 18.1. The smallest absolute Gasteiger partial charge is 0.146 e. The highest BCUT2D eigenvalue weighted by atomic mass is 16.5. The van der Waals surface area contributed by atoms with Crippen molar-refractivity contribution in [3.8, 4) is 33.8 Å². The van der Waals surface area contributed by atoms with E-state index in [9.17, 15) is 0 Å². The fourth-order valence-electron chi connectivity index (χ4n) is 9.85. The maximum atomic E-state index is 6.84. The van der Waals surface area contributed by atoms with Gasteiger partial charge in [0.05, 0.1) is 33.1 Å². The van der Waals surface area contributed by atoms with Crippen molar-refractivity contribution < 1.29 is 4.74 Å². The fraction of sp³-hybridized carbons (Fsp3) is 0.0741. The van der Waals surface area contributed by atoms with Crippen LogP contribution >= 0.6 is 0 Å². The van der Waals surface area contributed by atoms with Gasteiger partial charge in [-0.05, 0) is 156 Å². The van der Waals surface area contributed by atoms with Crippen molar-refractivity contribution in [1.29, 1.82) is 0 Å². The first kappa shape index (κ1) is 33.6. The summed E-state index contributed by atoms with van der Waals surface area (Å²) in [6.45, 7) is 8.88. The number of fused-ring (bicyclic) bond motifs is 16. The molecule has 0 aliphatic rings. The summed E-state index contributed by atoms with van der Waals surface area (Å²) in [5, 5.41) is 6.70. The minimum atomic E-state index is 0.747. The van der Waals surface area contributed by atoms with Crippen molar-refractivity contribution in [3.63, 3.8) is 0 Å². The first-order chi connectivity index (χ1) is 28.9. The second kappa shape index (κ2) is 12.5. The zero-order valence-corrected chi connectivity index (χ0v) is 33.2. The molecule has 0 N–H and O–H groups in total. The molecule has 0 aliphatic carbocycles. The van der Waals surface area contributed by atoms with E-state index in [1.54, 1.807) is 0 Å². The highest BCUT2D eigenvalue weighted by molar-refractivity contribution is 6.19. The normalized spacial score (nSPS) is 12.1. The van der Waals surface area contributed by atoms with Crippen LogP contribution in [0, 0.1) is 27.7 Å². The standard InChI is InChI=1S/C54H38N4O/c1-31-13-11-14-32(2)50(31)35-27-41-39-26-24-37(59-36-23-25-38-40-17-5-8-20-47(40)57-48-21-9-6-18-45(48)55-53(57)42(38)29-36)30-43(39)54-56-46-19-7-10-22-49(46)58(54)52(41)44(28-35)51-33(3)15-12-16-34(51)4/h5-30H,1-4H3. The maximum absolute atomic E-state index is 6.84. The molecule has 0 spiro atoms. The molecule has 0 unspecified atom stereocenters. The lowest BCUT2D eigenvalue weighted by atomic mass is 9.87. The lowest BCUT2D eigenvalue weighted by Gasteiger charge is -2.20. The average Bonchev–Trinajstić information content (AvgIpc) is 3.84. The highest BCUT2D eigenvalue weighted by Gasteiger charge is 2.22. The van der Waals surface area contributed by atoms with Gasteiger partial charge in [0.15, 0.2) is 0 Å². The molecular formula is C54H38N4O. The molecule has 0 bridgehead atoms. The van der Waals surface area contributed by atoms with E-state index < -0.39 is 0 Å². The van der Waals surface area contributed by atoms with Gasteiger partial charge in [0.25, 0.3) is 0 Å². The molecule has 280 valence electrons. The summed E-state index contributed by atoms with van der Waals surface area (Å²) in [6, 6.07) is 56.3. The monoisotopic (exact) mass is 758 g/mol. The molecule has 0 atom stereocenters. The molecule has 0 saturated carbocycles. The maximum Gasteiger partial charge on any atom is 0.146 e. The highest BCUT2D eigenvalue weighted by Crippen LogP contribution is 2.44. The molecule has 12 rings (SSSR count). The van der Waals surface area contributed by atoms with Gasteiger partial charge in [-0.3, -0.25) is 8.80 Å². The van der Waals surface area contributed by atoms with Gasteiger partial charge in [0.2, 0.25) is 0 Å². The summed E-state index contributed by atoms with van der Waals surface area (Å²) < 4.78 is 11.5. The van der Waals surface area contributed by atoms with Crippen LogP contribution in [-0.2, 0) is 0 Å². The zero-order valence-electron chi connectivity index (χ0n) is 33.2. The minimum absolute atomic E-state index is 0.747. The largest absolute Gasteiger partial charge is 0.457 e. The van der Waals surface area contributed by atoms with Crippen LogP contribution in [0.4, 0.5) is 0 Å². The molecule has 0 radical (unpaired) electrons. The van der Waals surface area contributed by atoms with Gasteiger partial charge in [0.1, 0.15) is 22.8 Å². The Kier molecular flexibility index (Phi) is 7.12. The molecule has 0 aliphatic heterocycles. The van der Waals surface area contributed by atoms with E-state index >= 15 is 0 Å². The zero-order chi connectivity index (χ0) is 39.5. The molecule has 4 heterocycles. The number of benzene rings is 8. The molecule has 0 amide bonds. The number of imidazole rings is 2. The third-order valence-corrected chi connectivity index (χ3v) is 12.4. The van der Waals surface area contributed by atoms with Crippen LogP contribution < -0.4 is 4.74 Å². The first-order valence-corrected chi connectivity index (χ1v) is 20.2. The van der Waals surface area contributed by atoms with Crippen molar-refractivity contribution in [3.05, 3.63) is 180 Å². The topological polar surface area (TPSA) is 43.8 Å². The van der Waals surface area contributed by atoms with Crippen molar-refractivity contribution in [1.82, 2.24) is 18.8 Å². The van der Waals surface area contributed by atoms with E-state index in [4.69, 9.17) is 14.7 Å². The third-order valence-electron chi connectivity index (χ3n) is 12.4. The molecule has 4 aromatic heterocycles. The lowest BCUT2D eigenvalue weighted by molar-refractivity contribution is 0.484. The predicted octanol–water partition coefficient (Wildman–Crippen LogP) is 14.3. The van der Waals surface area contributed by atoms with Gasteiger partial charge in [-0.15, -0.1) is 0 Å². The summed E-state index contributed by atoms with van der Waals surface area (Å²) in [5.74, 6) is 1.50. The number of hydrogen-bond acceptors (Lipinski definition) is 3. The van der Waals surface area contributed by atoms with Gasteiger partial charge >= 0.3 is 0 Å². The molecule has 12 aromatic rings. The van der Waals surface area contributed by atoms with Crippen LogP contribution in [0.1, 0.15) is 22.3 Å². The van der Waals surface area contributed by atoms with Crippen molar-refractivity contribution >= 4 is 76.7 Å². The molecule has 5 nitrogen and oxygen atoms in total. The Balaban J connectivity index is 1.13. The van der Waals surface area contributed by atoms with Gasteiger partial charge in [0, 0.05) is 27.1 Å². The van der Waals surface area contributed by atoms with E-state index in [2.05, 4.69) is 188 Å². The molecule has 0 fully saturated rings. The van der Waals surface area contributed by atoms with Crippen LogP contribution in [0.2, 0.25) is 0 Å². The van der Waals surface area contributed by atoms with E-state index in [1.165, 1.54) is 55.3 Å². The minimum Gasteiger partial charge on any atom is -0.457 e. The van der Waals surface area contributed by atoms with Gasteiger partial charge in [-0.1, -0.05) is 78.9 Å². The SMILES string of the molecule is Cc1cccc(C)c1-c1cc(-c2c(C)cccc2C)c2c(c1)c1ccc(Oc3ccc4c5ccccc5n5c6ccccc6nc5c4c3)cc1c1nc3ccccc3n12. The molecular weight excluding hydrogens is 721 g/mol. The van der Waals surface area contributed by atoms with Crippen LogP contribution in [0.15, 0.2) is 158 Å². The number of ether oxygens (including phenoxy) is 1.